The van der Waals surface area contributed by atoms with E-state index in [1.807, 2.05) is 30.3 Å². The van der Waals surface area contributed by atoms with E-state index in [1.165, 1.54) is 6.07 Å². The van der Waals surface area contributed by atoms with Crippen molar-refractivity contribution in [2.45, 2.75) is 18.7 Å². The second-order valence-corrected chi connectivity index (χ2v) is 13.4. The Morgan fingerprint density at radius 1 is 0.500 bits per heavy atom. The molecule has 0 atom stereocenters. The van der Waals surface area contributed by atoms with Crippen LogP contribution in [0, 0.1) is 13.8 Å². The van der Waals surface area contributed by atoms with Crippen LogP contribution in [-0.4, -0.2) is 18.9 Å². The molecule has 7 aromatic rings. The molecule has 6 nitrogen and oxygen atoms in total. The third-order valence-corrected chi connectivity index (χ3v) is 9.75. The molecule has 0 saturated heterocycles. The summed E-state index contributed by atoms with van der Waals surface area (Å²) in [6, 6.07) is 67.8. The number of para-hydroxylation sites is 6. The lowest BCUT2D eigenvalue weighted by atomic mass is 10.1. The van der Waals surface area contributed by atoms with E-state index in [-0.39, 0.29) is 9.38 Å². The van der Waals surface area contributed by atoms with Crippen molar-refractivity contribution in [1.82, 2.24) is 4.48 Å². The Labute approximate surface area is 306 Å². The summed E-state index contributed by atoms with van der Waals surface area (Å²) in [5, 5.41) is 0. The van der Waals surface area contributed by atoms with E-state index >= 15 is 0 Å². The van der Waals surface area contributed by atoms with Gasteiger partial charge in [0.25, 0.3) is 0 Å². The third kappa shape index (κ3) is 7.77. The van der Waals surface area contributed by atoms with E-state index < -0.39 is 10.1 Å². The molecule has 0 spiro atoms. The second-order valence-electron chi connectivity index (χ2n) is 12.1. The Balaban J connectivity index is 0.000000330. The van der Waals surface area contributed by atoms with E-state index in [4.69, 9.17) is 4.99 Å². The monoisotopic (exact) mass is 701 g/mol. The van der Waals surface area contributed by atoms with Gasteiger partial charge in [-0.2, -0.15) is 9.48 Å². The van der Waals surface area contributed by atoms with Crippen molar-refractivity contribution in [2.75, 3.05) is 4.90 Å². The van der Waals surface area contributed by atoms with Crippen LogP contribution in [0.15, 0.2) is 210 Å². The van der Waals surface area contributed by atoms with E-state index in [1.54, 1.807) is 26.0 Å². The molecule has 0 aromatic heterocycles. The number of hydrogen-bond donors (Lipinski definition) is 0. The zero-order valence-corrected chi connectivity index (χ0v) is 29.8. The predicted octanol–water partition coefficient (Wildman–Crippen LogP) is 11.4. The van der Waals surface area contributed by atoms with Gasteiger partial charge in [-0.3, -0.25) is 0 Å². The lowest BCUT2D eigenvalue weighted by Crippen LogP contribution is -2.52. The van der Waals surface area contributed by atoms with Gasteiger partial charge < -0.3 is 4.55 Å². The molecule has 0 radical (unpaired) electrons. The van der Waals surface area contributed by atoms with Gasteiger partial charge in [-0.05, 0) is 67.4 Å². The van der Waals surface area contributed by atoms with Crippen LogP contribution in [0.25, 0.3) is 0 Å². The van der Waals surface area contributed by atoms with Gasteiger partial charge in [-0.1, -0.05) is 121 Å². The first kappa shape index (κ1) is 35.7. The predicted molar refractivity (Wildman–Crippen MR) is 213 cm³/mol. The Hall–Kier alpha value is -6.12. The first-order valence-corrected chi connectivity index (χ1v) is 18.3. The lowest BCUT2D eigenvalue weighted by Gasteiger charge is -2.41. The van der Waals surface area contributed by atoms with Crippen LogP contribution in [0.2, 0.25) is 0 Å². The average Bonchev–Trinajstić information content (AvgIpc) is 3.19. The maximum atomic E-state index is 10.7. The molecule has 0 amide bonds. The minimum atomic E-state index is -4.31. The SMILES string of the molecule is Cc1cccc(S(=O)(=O)[O-])c1C.c1ccc(N=C(N(c2ccccc2)c2ccccc2)[N+](c2ccccc2)(c2ccccc2)c2ccccc2)cc1. The summed E-state index contributed by atoms with van der Waals surface area (Å²) in [7, 11) is -4.31. The third-order valence-electron chi connectivity index (χ3n) is 8.77. The van der Waals surface area contributed by atoms with Crippen LogP contribution < -0.4 is 9.38 Å². The van der Waals surface area contributed by atoms with Crippen molar-refractivity contribution < 1.29 is 13.0 Å². The molecule has 7 heteroatoms. The molecule has 0 aliphatic carbocycles. The van der Waals surface area contributed by atoms with Crippen molar-refractivity contribution in [3.63, 3.8) is 0 Å². The molecule has 258 valence electrons. The van der Waals surface area contributed by atoms with E-state index in [0.29, 0.717) is 5.56 Å². The maximum Gasteiger partial charge on any atom is 0.330 e. The minimum absolute atomic E-state index is 0.123. The summed E-state index contributed by atoms with van der Waals surface area (Å²) in [4.78, 5) is 7.68. The highest BCUT2D eigenvalue weighted by atomic mass is 32.2. The summed E-state index contributed by atoms with van der Waals surface area (Å²) in [6.07, 6.45) is 0. The second kappa shape index (κ2) is 16.3. The molecule has 0 saturated carbocycles. The van der Waals surface area contributed by atoms with Crippen molar-refractivity contribution >= 4 is 50.2 Å². The highest BCUT2D eigenvalue weighted by Gasteiger charge is 2.46. The topological polar surface area (TPSA) is 72.8 Å². The molecule has 0 aliphatic rings. The number of anilines is 2. The van der Waals surface area contributed by atoms with E-state index in [0.717, 1.165) is 45.6 Å². The Morgan fingerprint density at radius 2 is 0.865 bits per heavy atom. The van der Waals surface area contributed by atoms with Gasteiger partial charge in [0.05, 0.1) is 22.0 Å². The van der Waals surface area contributed by atoms with Crippen molar-refractivity contribution in [1.29, 1.82) is 0 Å². The quantitative estimate of drug-likeness (QED) is 0.0718. The van der Waals surface area contributed by atoms with Crippen molar-refractivity contribution in [3.05, 3.63) is 211 Å². The lowest BCUT2D eigenvalue weighted by molar-refractivity contribution is 0.462. The largest absolute Gasteiger partial charge is 0.744 e. The number of guanidine groups is 1. The maximum absolute atomic E-state index is 10.7. The first-order chi connectivity index (χ1) is 25.3. The van der Waals surface area contributed by atoms with Crippen LogP contribution in [0.5, 0.6) is 0 Å². The normalized spacial score (nSPS) is 11.6. The molecule has 0 heterocycles. The molecule has 0 bridgehead atoms. The highest BCUT2D eigenvalue weighted by molar-refractivity contribution is 7.85. The van der Waals surface area contributed by atoms with Gasteiger partial charge in [0.2, 0.25) is 0 Å². The highest BCUT2D eigenvalue weighted by Crippen LogP contribution is 2.47. The fraction of sp³-hybridized carbons (Fsp3) is 0.0444. The number of rotatable bonds is 7. The van der Waals surface area contributed by atoms with Crippen LogP contribution in [0.3, 0.4) is 0 Å². The number of aliphatic imine (C=N–C) groups is 1. The summed E-state index contributed by atoms with van der Waals surface area (Å²) >= 11 is 0. The number of aryl methyl sites for hydroxylation is 1. The van der Waals surface area contributed by atoms with Gasteiger partial charge in [-0.15, -0.1) is 0 Å². The Morgan fingerprint density at radius 3 is 1.23 bits per heavy atom. The Kier molecular flexibility index (Phi) is 11.2. The summed E-state index contributed by atoms with van der Waals surface area (Å²) in [5.74, 6) is 0.826. The Bertz CT molecular complexity index is 2190. The summed E-state index contributed by atoms with van der Waals surface area (Å²) in [6.45, 7) is 3.39. The molecule has 0 unspecified atom stereocenters. The van der Waals surface area contributed by atoms with Gasteiger partial charge >= 0.3 is 5.96 Å². The standard InChI is InChI=1S/C37H30N3.C8H10O3S/c1-7-19-31(20-8-1)38-37(39(32-21-9-2-10-22-32)33-23-11-3-12-24-33)40(34-25-13-4-14-26-34,35-27-15-5-16-28-35)36-29-17-6-18-30-36;1-6-4-3-5-8(7(6)2)12(9,10)11/h1-30H;3-5H,1-2H3,(H,9,10,11)/q+1;/p-1. The van der Waals surface area contributed by atoms with Crippen LogP contribution >= 0.6 is 0 Å². The van der Waals surface area contributed by atoms with Gasteiger partial charge in [-0.25, -0.2) is 13.3 Å². The van der Waals surface area contributed by atoms with Gasteiger partial charge in [0.1, 0.15) is 10.1 Å². The number of benzene rings is 7. The van der Waals surface area contributed by atoms with E-state index in [2.05, 4.69) is 157 Å². The molecule has 0 fully saturated rings. The zero-order valence-electron chi connectivity index (χ0n) is 29.0. The minimum Gasteiger partial charge on any atom is -0.744 e. The van der Waals surface area contributed by atoms with Crippen LogP contribution in [-0.2, 0) is 10.1 Å². The van der Waals surface area contributed by atoms with E-state index in [9.17, 15) is 13.0 Å². The zero-order chi connectivity index (χ0) is 36.4. The fourth-order valence-corrected chi connectivity index (χ4v) is 6.95. The van der Waals surface area contributed by atoms with Gasteiger partial charge in [0.15, 0.2) is 17.1 Å². The molecular weight excluding hydrogens is 663 g/mol. The van der Waals surface area contributed by atoms with Crippen molar-refractivity contribution in [2.24, 2.45) is 4.99 Å². The number of quaternary nitrogens is 1. The fourth-order valence-electron chi connectivity index (χ4n) is 6.17. The summed E-state index contributed by atoms with van der Waals surface area (Å²) < 4.78 is 32.2. The molecule has 0 aliphatic heterocycles. The number of nitrogens with zero attached hydrogens (tertiary/aromatic N) is 3. The van der Waals surface area contributed by atoms with Crippen LogP contribution in [0.1, 0.15) is 11.1 Å². The average molecular weight is 702 g/mol. The molecule has 7 aromatic carbocycles. The molecular formula is C45H39N3O3S. The molecule has 0 N–H and O–H groups in total. The van der Waals surface area contributed by atoms with Crippen molar-refractivity contribution in [3.8, 4) is 0 Å². The molecule has 7 rings (SSSR count). The number of hydrogen-bond acceptors (Lipinski definition) is 4. The molecule has 52 heavy (non-hydrogen) atoms. The summed E-state index contributed by atoms with van der Waals surface area (Å²) in [5.41, 5.74) is 7.49. The van der Waals surface area contributed by atoms with Gasteiger partial charge in [0, 0.05) is 36.4 Å². The van der Waals surface area contributed by atoms with Crippen LogP contribution in [0.4, 0.5) is 34.1 Å². The smallest absolute Gasteiger partial charge is 0.330 e. The first-order valence-electron chi connectivity index (χ1n) is 16.9.